The standard InChI is InChI=1S/C21H26N2O3/c1-22(2)18-8-6-17(7-9-18)21(24)23-12-13-26-20(15-23)14-16-4-10-19(25-3)11-5-16/h4-11,20H,12-15H2,1-3H3/t20-/m1/s1. The first kappa shape index (κ1) is 18.3. The van der Waals surface area contributed by atoms with Gasteiger partial charge in [0.15, 0.2) is 0 Å². The lowest BCUT2D eigenvalue weighted by atomic mass is 10.1. The van der Waals surface area contributed by atoms with Gasteiger partial charge in [-0.05, 0) is 42.0 Å². The van der Waals surface area contributed by atoms with E-state index < -0.39 is 0 Å². The highest BCUT2D eigenvalue weighted by molar-refractivity contribution is 5.94. The van der Waals surface area contributed by atoms with E-state index in [4.69, 9.17) is 9.47 Å². The number of morpholine rings is 1. The number of anilines is 1. The van der Waals surface area contributed by atoms with Crippen molar-refractivity contribution >= 4 is 11.6 Å². The van der Waals surface area contributed by atoms with Crippen molar-refractivity contribution in [3.05, 3.63) is 59.7 Å². The van der Waals surface area contributed by atoms with Gasteiger partial charge in [0.1, 0.15) is 5.75 Å². The number of amides is 1. The van der Waals surface area contributed by atoms with Crippen LogP contribution >= 0.6 is 0 Å². The topological polar surface area (TPSA) is 42.0 Å². The van der Waals surface area contributed by atoms with E-state index in [0.717, 1.165) is 23.4 Å². The molecule has 1 heterocycles. The molecule has 0 unspecified atom stereocenters. The summed E-state index contributed by atoms with van der Waals surface area (Å²) in [6.45, 7) is 1.82. The number of hydrogen-bond donors (Lipinski definition) is 0. The maximum absolute atomic E-state index is 12.8. The van der Waals surface area contributed by atoms with Gasteiger partial charge in [-0.2, -0.15) is 0 Å². The SMILES string of the molecule is COc1ccc(C[C@@H]2CN(C(=O)c3ccc(N(C)C)cc3)CCO2)cc1. The zero-order chi connectivity index (χ0) is 18.5. The van der Waals surface area contributed by atoms with Crippen molar-refractivity contribution in [3.8, 4) is 5.75 Å². The van der Waals surface area contributed by atoms with Crippen molar-refractivity contribution in [1.29, 1.82) is 0 Å². The van der Waals surface area contributed by atoms with Crippen LogP contribution in [0.2, 0.25) is 0 Å². The predicted molar refractivity (Wildman–Crippen MR) is 103 cm³/mol. The van der Waals surface area contributed by atoms with Crippen LogP contribution in [0.15, 0.2) is 48.5 Å². The minimum Gasteiger partial charge on any atom is -0.497 e. The number of ether oxygens (including phenoxy) is 2. The zero-order valence-corrected chi connectivity index (χ0v) is 15.6. The van der Waals surface area contributed by atoms with Crippen LogP contribution < -0.4 is 9.64 Å². The van der Waals surface area contributed by atoms with Gasteiger partial charge in [0.2, 0.25) is 0 Å². The van der Waals surface area contributed by atoms with Gasteiger partial charge in [-0.15, -0.1) is 0 Å². The number of carbonyl (C=O) groups excluding carboxylic acids is 1. The summed E-state index contributed by atoms with van der Waals surface area (Å²) in [6.07, 6.45) is 0.801. The quantitative estimate of drug-likeness (QED) is 0.828. The summed E-state index contributed by atoms with van der Waals surface area (Å²) in [6, 6.07) is 15.7. The van der Waals surface area contributed by atoms with Gasteiger partial charge in [-0.3, -0.25) is 4.79 Å². The Bertz CT molecular complexity index is 726. The van der Waals surface area contributed by atoms with Gasteiger partial charge in [-0.25, -0.2) is 0 Å². The van der Waals surface area contributed by atoms with Crippen molar-refractivity contribution in [2.45, 2.75) is 12.5 Å². The molecule has 1 saturated heterocycles. The lowest BCUT2D eigenvalue weighted by Gasteiger charge is -2.33. The Hall–Kier alpha value is -2.53. The normalized spacial score (nSPS) is 17.0. The lowest BCUT2D eigenvalue weighted by Crippen LogP contribution is -2.46. The third kappa shape index (κ3) is 4.35. The molecule has 0 N–H and O–H groups in total. The summed E-state index contributed by atoms with van der Waals surface area (Å²) in [5.74, 6) is 0.912. The molecule has 5 heteroatoms. The average Bonchev–Trinajstić information content (AvgIpc) is 2.68. The van der Waals surface area contributed by atoms with E-state index in [0.29, 0.717) is 19.7 Å². The minimum atomic E-state index is 0.0159. The summed E-state index contributed by atoms with van der Waals surface area (Å²) in [5, 5.41) is 0. The molecule has 1 aliphatic heterocycles. The molecule has 3 rings (SSSR count). The molecule has 1 fully saturated rings. The second-order valence-corrected chi connectivity index (χ2v) is 6.74. The van der Waals surface area contributed by atoms with E-state index in [1.807, 2.05) is 72.4 Å². The average molecular weight is 354 g/mol. The number of nitrogens with zero attached hydrogens (tertiary/aromatic N) is 2. The van der Waals surface area contributed by atoms with Crippen molar-refractivity contribution < 1.29 is 14.3 Å². The first-order chi connectivity index (χ1) is 12.6. The number of methoxy groups -OCH3 is 1. The van der Waals surface area contributed by atoms with E-state index >= 15 is 0 Å². The van der Waals surface area contributed by atoms with Crippen LogP contribution in [0.5, 0.6) is 5.75 Å². The number of hydrogen-bond acceptors (Lipinski definition) is 4. The van der Waals surface area contributed by atoms with Gasteiger partial charge < -0.3 is 19.3 Å². The summed E-state index contributed by atoms with van der Waals surface area (Å²) in [5.41, 5.74) is 2.99. The molecule has 26 heavy (non-hydrogen) atoms. The Morgan fingerprint density at radius 1 is 1.15 bits per heavy atom. The zero-order valence-electron chi connectivity index (χ0n) is 15.6. The molecule has 2 aromatic rings. The van der Waals surface area contributed by atoms with E-state index in [-0.39, 0.29) is 12.0 Å². The molecular formula is C21H26N2O3. The van der Waals surface area contributed by atoms with E-state index in [2.05, 4.69) is 0 Å². The molecule has 2 aromatic carbocycles. The Morgan fingerprint density at radius 2 is 1.85 bits per heavy atom. The summed E-state index contributed by atoms with van der Waals surface area (Å²) >= 11 is 0. The molecule has 0 saturated carbocycles. The molecule has 0 spiro atoms. The second-order valence-electron chi connectivity index (χ2n) is 6.74. The third-order valence-corrected chi connectivity index (χ3v) is 4.68. The van der Waals surface area contributed by atoms with Crippen LogP contribution in [-0.2, 0) is 11.2 Å². The summed E-state index contributed by atoms with van der Waals surface area (Å²) < 4.78 is 11.1. The molecule has 5 nitrogen and oxygen atoms in total. The predicted octanol–water partition coefficient (Wildman–Crippen LogP) is 2.84. The van der Waals surface area contributed by atoms with Gasteiger partial charge in [0.25, 0.3) is 5.91 Å². The van der Waals surface area contributed by atoms with Crippen LogP contribution in [-0.4, -0.2) is 57.8 Å². The fraction of sp³-hybridized carbons (Fsp3) is 0.381. The van der Waals surface area contributed by atoms with Crippen LogP contribution in [0.3, 0.4) is 0 Å². The molecule has 0 bridgehead atoms. The molecule has 1 amide bonds. The Kier molecular flexibility index (Phi) is 5.78. The number of benzene rings is 2. The highest BCUT2D eigenvalue weighted by Gasteiger charge is 2.25. The Labute approximate surface area is 155 Å². The van der Waals surface area contributed by atoms with Crippen molar-refractivity contribution in [3.63, 3.8) is 0 Å². The minimum absolute atomic E-state index is 0.0159. The van der Waals surface area contributed by atoms with Gasteiger partial charge in [-0.1, -0.05) is 12.1 Å². The second kappa shape index (κ2) is 8.23. The maximum atomic E-state index is 12.8. The molecule has 0 radical (unpaired) electrons. The van der Waals surface area contributed by atoms with Gasteiger partial charge >= 0.3 is 0 Å². The smallest absolute Gasteiger partial charge is 0.254 e. The van der Waals surface area contributed by atoms with Crippen molar-refractivity contribution in [2.24, 2.45) is 0 Å². The Balaban J connectivity index is 1.62. The molecule has 1 atom stereocenters. The van der Waals surface area contributed by atoms with Gasteiger partial charge in [0, 0.05) is 44.9 Å². The fourth-order valence-corrected chi connectivity index (χ4v) is 3.14. The summed E-state index contributed by atoms with van der Waals surface area (Å²) in [4.78, 5) is 16.7. The van der Waals surface area contributed by atoms with Gasteiger partial charge in [0.05, 0.1) is 19.8 Å². The largest absolute Gasteiger partial charge is 0.497 e. The van der Waals surface area contributed by atoms with Crippen molar-refractivity contribution in [2.75, 3.05) is 45.8 Å². The van der Waals surface area contributed by atoms with E-state index in [9.17, 15) is 4.79 Å². The highest BCUT2D eigenvalue weighted by Crippen LogP contribution is 2.18. The number of carbonyl (C=O) groups is 1. The lowest BCUT2D eigenvalue weighted by molar-refractivity contribution is -0.0208. The van der Waals surface area contributed by atoms with E-state index in [1.165, 1.54) is 5.56 Å². The number of rotatable bonds is 5. The third-order valence-electron chi connectivity index (χ3n) is 4.68. The van der Waals surface area contributed by atoms with Crippen LogP contribution in [0.25, 0.3) is 0 Å². The first-order valence-corrected chi connectivity index (χ1v) is 8.88. The monoisotopic (exact) mass is 354 g/mol. The van der Waals surface area contributed by atoms with E-state index in [1.54, 1.807) is 7.11 Å². The fourth-order valence-electron chi connectivity index (χ4n) is 3.14. The maximum Gasteiger partial charge on any atom is 0.254 e. The molecule has 0 aliphatic carbocycles. The Morgan fingerprint density at radius 3 is 2.46 bits per heavy atom. The summed E-state index contributed by atoms with van der Waals surface area (Å²) in [7, 11) is 5.64. The first-order valence-electron chi connectivity index (χ1n) is 8.88. The molecule has 1 aliphatic rings. The highest BCUT2D eigenvalue weighted by atomic mass is 16.5. The molecular weight excluding hydrogens is 328 g/mol. The molecule has 138 valence electrons. The van der Waals surface area contributed by atoms with Crippen LogP contribution in [0.1, 0.15) is 15.9 Å². The van der Waals surface area contributed by atoms with Crippen molar-refractivity contribution in [1.82, 2.24) is 4.90 Å². The van der Waals surface area contributed by atoms with Crippen LogP contribution in [0, 0.1) is 0 Å². The van der Waals surface area contributed by atoms with Crippen LogP contribution in [0.4, 0.5) is 5.69 Å². The molecule has 0 aromatic heterocycles.